The zero-order valence-corrected chi connectivity index (χ0v) is 18.2. The number of aliphatic imine (C=N–C) groups is 1. The lowest BCUT2D eigenvalue weighted by molar-refractivity contribution is -0.121. The third-order valence-corrected chi connectivity index (χ3v) is 5.63. The molecule has 3 aromatic rings. The van der Waals surface area contributed by atoms with Crippen molar-refractivity contribution >= 4 is 29.4 Å². The monoisotopic (exact) mass is 445 g/mol. The van der Waals surface area contributed by atoms with Gasteiger partial charge in [-0.2, -0.15) is 0 Å². The highest BCUT2D eigenvalue weighted by Gasteiger charge is 2.21. The van der Waals surface area contributed by atoms with Gasteiger partial charge in [-0.3, -0.25) is 14.2 Å². The van der Waals surface area contributed by atoms with Crippen molar-refractivity contribution in [3.63, 3.8) is 0 Å². The molecule has 1 heterocycles. The van der Waals surface area contributed by atoms with Gasteiger partial charge in [0.2, 0.25) is 5.91 Å². The molecule has 1 aliphatic rings. The van der Waals surface area contributed by atoms with Gasteiger partial charge in [-0.1, -0.05) is 24.3 Å². The second-order valence-corrected chi connectivity index (χ2v) is 8.00. The van der Waals surface area contributed by atoms with E-state index in [1.165, 1.54) is 10.9 Å². The number of carbonyl (C=O) groups excluding carboxylic acids is 1. The number of amides is 1. The smallest absolute Gasteiger partial charge is 0.294 e. The molecule has 6 N–H and O–H groups in total. The van der Waals surface area contributed by atoms with Crippen molar-refractivity contribution in [1.29, 1.82) is 0 Å². The van der Waals surface area contributed by atoms with E-state index < -0.39 is 0 Å². The highest BCUT2D eigenvalue weighted by Crippen LogP contribution is 2.23. The Morgan fingerprint density at radius 1 is 1.21 bits per heavy atom. The Hall–Kier alpha value is -4.14. The van der Waals surface area contributed by atoms with E-state index in [1.54, 1.807) is 24.4 Å². The van der Waals surface area contributed by atoms with E-state index in [2.05, 4.69) is 20.6 Å². The first-order valence-electron chi connectivity index (χ1n) is 10.9. The van der Waals surface area contributed by atoms with Crippen molar-refractivity contribution in [3.8, 4) is 11.3 Å². The Morgan fingerprint density at radius 3 is 2.67 bits per heavy atom. The van der Waals surface area contributed by atoms with Crippen LogP contribution in [0.4, 0.5) is 17.2 Å². The van der Waals surface area contributed by atoms with Gasteiger partial charge in [0.15, 0.2) is 5.82 Å². The van der Waals surface area contributed by atoms with Crippen LogP contribution in [0.15, 0.2) is 64.5 Å². The molecule has 1 amide bonds. The van der Waals surface area contributed by atoms with E-state index in [9.17, 15) is 9.59 Å². The van der Waals surface area contributed by atoms with Crippen LogP contribution in [-0.2, 0) is 17.9 Å². The molecular formula is C24H27N7O2. The van der Waals surface area contributed by atoms with Gasteiger partial charge in [0.25, 0.3) is 5.56 Å². The van der Waals surface area contributed by atoms with Crippen molar-refractivity contribution in [3.05, 3.63) is 70.6 Å². The van der Waals surface area contributed by atoms with Gasteiger partial charge in [0.1, 0.15) is 6.54 Å². The van der Waals surface area contributed by atoms with Crippen LogP contribution < -0.4 is 27.7 Å². The van der Waals surface area contributed by atoms with E-state index in [1.807, 2.05) is 30.3 Å². The van der Waals surface area contributed by atoms with E-state index in [4.69, 9.17) is 11.5 Å². The van der Waals surface area contributed by atoms with Crippen molar-refractivity contribution in [2.45, 2.75) is 38.4 Å². The summed E-state index contributed by atoms with van der Waals surface area (Å²) in [6.07, 6.45) is 5.99. The summed E-state index contributed by atoms with van der Waals surface area (Å²) in [5, 5.41) is 6.07. The summed E-state index contributed by atoms with van der Waals surface area (Å²) in [7, 11) is 0. The molecule has 170 valence electrons. The van der Waals surface area contributed by atoms with Crippen LogP contribution in [0, 0.1) is 0 Å². The maximum atomic E-state index is 13.2. The molecule has 0 bridgehead atoms. The highest BCUT2D eigenvalue weighted by molar-refractivity contribution is 5.77. The number of nitrogens with one attached hydrogen (secondary N) is 2. The Kier molecular flexibility index (Phi) is 6.68. The van der Waals surface area contributed by atoms with Gasteiger partial charge in [-0.25, -0.2) is 9.98 Å². The SMILES string of the molecule is NC=Nc1ccc(CNC(=O)Cn2c(-c3cccc(N)c3)cnc(NC3CCC3)c2=O)cc1. The molecule has 1 aromatic heterocycles. The second kappa shape index (κ2) is 9.99. The molecule has 33 heavy (non-hydrogen) atoms. The third kappa shape index (κ3) is 5.38. The van der Waals surface area contributed by atoms with Gasteiger partial charge in [0.05, 0.1) is 23.9 Å². The van der Waals surface area contributed by atoms with Crippen molar-refractivity contribution in [2.75, 3.05) is 11.1 Å². The maximum Gasteiger partial charge on any atom is 0.294 e. The molecule has 1 aliphatic carbocycles. The summed E-state index contributed by atoms with van der Waals surface area (Å²) in [4.78, 5) is 34.4. The van der Waals surface area contributed by atoms with Gasteiger partial charge >= 0.3 is 0 Å². The number of nitrogens with zero attached hydrogens (tertiary/aromatic N) is 3. The summed E-state index contributed by atoms with van der Waals surface area (Å²) < 4.78 is 1.44. The number of anilines is 2. The van der Waals surface area contributed by atoms with Crippen LogP contribution in [0.2, 0.25) is 0 Å². The molecule has 0 unspecified atom stereocenters. The number of rotatable bonds is 8. The van der Waals surface area contributed by atoms with Crippen LogP contribution in [0.5, 0.6) is 0 Å². The van der Waals surface area contributed by atoms with Crippen molar-refractivity contribution < 1.29 is 4.79 Å². The first kappa shape index (κ1) is 22.1. The molecule has 1 fully saturated rings. The Morgan fingerprint density at radius 2 is 2.00 bits per heavy atom. The van der Waals surface area contributed by atoms with Gasteiger partial charge in [-0.05, 0) is 49.1 Å². The molecule has 9 heteroatoms. The highest BCUT2D eigenvalue weighted by atomic mass is 16.2. The first-order valence-corrected chi connectivity index (χ1v) is 10.9. The maximum absolute atomic E-state index is 13.2. The molecule has 2 aromatic carbocycles. The van der Waals surface area contributed by atoms with Gasteiger partial charge in [0, 0.05) is 23.8 Å². The molecule has 0 radical (unpaired) electrons. The Balaban J connectivity index is 1.55. The zero-order chi connectivity index (χ0) is 23.2. The number of nitrogen functional groups attached to an aromatic ring is 1. The molecule has 0 spiro atoms. The van der Waals surface area contributed by atoms with Crippen LogP contribution >= 0.6 is 0 Å². The topological polar surface area (TPSA) is 140 Å². The van der Waals surface area contributed by atoms with E-state index in [0.717, 1.165) is 36.1 Å². The van der Waals surface area contributed by atoms with E-state index in [0.29, 0.717) is 17.9 Å². The number of hydrogen-bond donors (Lipinski definition) is 4. The van der Waals surface area contributed by atoms with Crippen LogP contribution in [0.3, 0.4) is 0 Å². The molecule has 0 saturated heterocycles. The average Bonchev–Trinajstić information content (AvgIpc) is 2.78. The molecule has 1 saturated carbocycles. The van der Waals surface area contributed by atoms with Gasteiger partial charge in [-0.15, -0.1) is 0 Å². The van der Waals surface area contributed by atoms with E-state index >= 15 is 0 Å². The second-order valence-electron chi connectivity index (χ2n) is 8.00. The first-order chi connectivity index (χ1) is 16.0. The minimum atomic E-state index is -0.332. The fourth-order valence-electron chi connectivity index (χ4n) is 3.60. The van der Waals surface area contributed by atoms with E-state index in [-0.39, 0.29) is 29.9 Å². The van der Waals surface area contributed by atoms with Crippen LogP contribution in [0.1, 0.15) is 24.8 Å². The van der Waals surface area contributed by atoms with Crippen LogP contribution in [-0.4, -0.2) is 27.8 Å². The summed E-state index contributed by atoms with van der Waals surface area (Å²) in [6, 6.07) is 14.8. The predicted molar refractivity (Wildman–Crippen MR) is 130 cm³/mol. The average molecular weight is 446 g/mol. The zero-order valence-electron chi connectivity index (χ0n) is 18.2. The minimum Gasteiger partial charge on any atom is -0.399 e. The summed E-state index contributed by atoms with van der Waals surface area (Å²) >= 11 is 0. The molecule has 0 atom stereocenters. The normalized spacial score (nSPS) is 13.6. The molecule has 0 aliphatic heterocycles. The number of hydrogen-bond acceptors (Lipinski definition) is 6. The predicted octanol–water partition coefficient (Wildman–Crippen LogP) is 2.39. The minimum absolute atomic E-state index is 0.139. The van der Waals surface area contributed by atoms with Gasteiger partial charge < -0.3 is 22.1 Å². The molecule has 9 nitrogen and oxygen atoms in total. The largest absolute Gasteiger partial charge is 0.399 e. The summed E-state index contributed by atoms with van der Waals surface area (Å²) in [5.74, 6) is -0.0247. The number of benzene rings is 2. The molecular weight excluding hydrogens is 418 g/mol. The quantitative estimate of drug-likeness (QED) is 0.238. The number of aromatic nitrogens is 2. The summed E-state index contributed by atoms with van der Waals surface area (Å²) in [5.41, 5.74) is 14.4. The fraction of sp³-hybridized carbons (Fsp3) is 0.250. The standard InChI is InChI=1S/C24H27N7O2/c25-15-29-19-9-7-16(8-10-19)12-27-22(32)14-31-21(17-3-1-4-18(26)11-17)13-28-23(24(31)33)30-20-5-2-6-20/h1,3-4,7-11,13,15,20H,2,5-6,12,14,26H2,(H2,25,29)(H,27,32)(H,28,30). The Bertz CT molecular complexity index is 1210. The fourth-order valence-corrected chi connectivity index (χ4v) is 3.60. The number of nitrogens with two attached hydrogens (primary N) is 2. The summed E-state index contributed by atoms with van der Waals surface area (Å²) in [6.45, 7) is 0.187. The van der Waals surface area contributed by atoms with Crippen molar-refractivity contribution in [2.24, 2.45) is 10.7 Å². The lowest BCUT2D eigenvalue weighted by Gasteiger charge is -2.27. The van der Waals surface area contributed by atoms with Crippen molar-refractivity contribution in [1.82, 2.24) is 14.9 Å². The molecule has 4 rings (SSSR count). The van der Waals surface area contributed by atoms with Crippen LogP contribution in [0.25, 0.3) is 11.3 Å². The number of carbonyl (C=O) groups is 1. The third-order valence-electron chi connectivity index (χ3n) is 5.63. The Labute approximate surface area is 191 Å². The lowest BCUT2D eigenvalue weighted by atomic mass is 9.93. The lowest BCUT2D eigenvalue weighted by Crippen LogP contribution is -2.36.